The van der Waals surface area contributed by atoms with E-state index >= 15 is 0 Å². The van der Waals surface area contributed by atoms with E-state index in [9.17, 15) is 9.59 Å². The lowest BCUT2D eigenvalue weighted by molar-refractivity contribution is -0.139. The van der Waals surface area contributed by atoms with Crippen molar-refractivity contribution in [3.05, 3.63) is 11.6 Å². The first-order valence-corrected chi connectivity index (χ1v) is 6.37. The van der Waals surface area contributed by atoms with Crippen LogP contribution in [0.25, 0.3) is 0 Å². The predicted molar refractivity (Wildman–Crippen MR) is 62.7 cm³/mol. The van der Waals surface area contributed by atoms with E-state index in [1.165, 1.54) is 11.0 Å². The minimum atomic E-state index is -0.161. The summed E-state index contributed by atoms with van der Waals surface area (Å²) in [6.45, 7) is 5.72. The van der Waals surface area contributed by atoms with E-state index in [-0.39, 0.29) is 17.9 Å². The molecule has 0 radical (unpaired) electrons. The van der Waals surface area contributed by atoms with Gasteiger partial charge in [0.15, 0.2) is 0 Å². The molecule has 0 aliphatic carbocycles. The fourth-order valence-corrected chi connectivity index (χ4v) is 2.35. The molecular weight excluding hydrogens is 210 g/mol. The van der Waals surface area contributed by atoms with Gasteiger partial charge in [-0.05, 0) is 31.8 Å². The maximum Gasteiger partial charge on any atom is 0.256 e. The molecule has 15 heavy (non-hydrogen) atoms. The van der Waals surface area contributed by atoms with Gasteiger partial charge in [-0.15, -0.1) is 0 Å². The molecule has 1 rings (SSSR count). The van der Waals surface area contributed by atoms with Gasteiger partial charge in [0.05, 0.1) is 0 Å². The lowest BCUT2D eigenvalue weighted by atomic mass is 10.2. The molecule has 2 amide bonds. The van der Waals surface area contributed by atoms with Crippen molar-refractivity contribution in [1.29, 1.82) is 0 Å². The lowest BCUT2D eigenvalue weighted by Gasteiger charge is -2.22. The van der Waals surface area contributed by atoms with Crippen molar-refractivity contribution in [3.63, 3.8) is 0 Å². The molecule has 0 spiro atoms. The zero-order chi connectivity index (χ0) is 11.4. The number of nitrogens with zero attached hydrogens (tertiary/aromatic N) is 1. The van der Waals surface area contributed by atoms with Gasteiger partial charge >= 0.3 is 0 Å². The molecule has 84 valence electrons. The number of imide groups is 1. The highest BCUT2D eigenvalue weighted by Crippen LogP contribution is 2.18. The third kappa shape index (κ3) is 2.84. The number of hydrogen-bond donors (Lipinski definition) is 0. The number of thioether (sulfide) groups is 1. The van der Waals surface area contributed by atoms with E-state index < -0.39 is 0 Å². The Morgan fingerprint density at radius 3 is 2.60 bits per heavy atom. The Hall–Kier alpha value is -0.770. The second kappa shape index (κ2) is 5.35. The van der Waals surface area contributed by atoms with Gasteiger partial charge in [-0.2, -0.15) is 11.8 Å². The van der Waals surface area contributed by atoms with Gasteiger partial charge in [0.1, 0.15) is 0 Å². The average Bonchev–Trinajstić information content (AvgIpc) is 2.41. The standard InChI is InChI=1S/C11H17NO2S/c1-4-15-6-5-9(3)12-10(13)7-8(2)11(12)14/h7,9H,4-6H2,1-3H3. The topological polar surface area (TPSA) is 37.4 Å². The van der Waals surface area contributed by atoms with Crippen molar-refractivity contribution in [1.82, 2.24) is 4.90 Å². The van der Waals surface area contributed by atoms with Crippen LogP contribution in [0.4, 0.5) is 0 Å². The lowest BCUT2D eigenvalue weighted by Crippen LogP contribution is -2.39. The molecule has 0 bridgehead atoms. The van der Waals surface area contributed by atoms with Crippen LogP contribution in [0.1, 0.15) is 27.2 Å². The number of rotatable bonds is 5. The molecule has 1 aliphatic heterocycles. The van der Waals surface area contributed by atoms with Crippen molar-refractivity contribution in [2.75, 3.05) is 11.5 Å². The summed E-state index contributed by atoms with van der Waals surface area (Å²) in [4.78, 5) is 24.5. The first kappa shape index (κ1) is 12.3. The van der Waals surface area contributed by atoms with Crippen molar-refractivity contribution >= 4 is 23.6 Å². The molecule has 0 saturated heterocycles. The van der Waals surface area contributed by atoms with Gasteiger partial charge in [0.2, 0.25) is 0 Å². The highest BCUT2D eigenvalue weighted by Gasteiger charge is 2.31. The maximum absolute atomic E-state index is 11.6. The second-order valence-corrected chi connectivity index (χ2v) is 5.07. The minimum Gasteiger partial charge on any atom is -0.272 e. The third-order valence-electron chi connectivity index (χ3n) is 2.46. The molecule has 0 aromatic heterocycles. The zero-order valence-corrected chi connectivity index (χ0v) is 10.3. The summed E-state index contributed by atoms with van der Waals surface area (Å²) in [7, 11) is 0. The third-order valence-corrected chi connectivity index (χ3v) is 3.39. The van der Waals surface area contributed by atoms with Crippen molar-refractivity contribution < 1.29 is 9.59 Å². The molecule has 3 nitrogen and oxygen atoms in total. The maximum atomic E-state index is 11.6. The monoisotopic (exact) mass is 227 g/mol. The number of hydrogen-bond acceptors (Lipinski definition) is 3. The van der Waals surface area contributed by atoms with Crippen molar-refractivity contribution in [2.45, 2.75) is 33.2 Å². The molecule has 4 heteroatoms. The van der Waals surface area contributed by atoms with Gasteiger partial charge in [-0.25, -0.2) is 0 Å². The first-order chi connectivity index (χ1) is 7.07. The Kier molecular flexibility index (Phi) is 4.39. The molecule has 0 saturated carbocycles. The molecule has 0 aromatic rings. The van der Waals surface area contributed by atoms with Crippen LogP contribution in [0.2, 0.25) is 0 Å². The Balaban J connectivity index is 2.50. The van der Waals surface area contributed by atoms with E-state index in [1.54, 1.807) is 6.92 Å². The summed E-state index contributed by atoms with van der Waals surface area (Å²) < 4.78 is 0. The Morgan fingerprint density at radius 2 is 2.13 bits per heavy atom. The second-order valence-electron chi connectivity index (χ2n) is 3.68. The van der Waals surface area contributed by atoms with Crippen molar-refractivity contribution in [3.8, 4) is 0 Å². The SMILES string of the molecule is CCSCCC(C)N1C(=O)C=C(C)C1=O. The van der Waals surface area contributed by atoms with Crippen LogP contribution in [0.3, 0.4) is 0 Å². The molecular formula is C11H17NO2S. The van der Waals surface area contributed by atoms with Crippen molar-refractivity contribution in [2.24, 2.45) is 0 Å². The Labute approximate surface area is 94.9 Å². The van der Waals surface area contributed by atoms with Crippen LogP contribution in [0, 0.1) is 0 Å². The summed E-state index contributed by atoms with van der Waals surface area (Å²) in [5.41, 5.74) is 0.551. The molecule has 0 N–H and O–H groups in total. The number of carbonyl (C=O) groups excluding carboxylic acids is 2. The van der Waals surface area contributed by atoms with Crippen LogP contribution < -0.4 is 0 Å². The normalized spacial score (nSPS) is 18.3. The number of carbonyl (C=O) groups is 2. The quantitative estimate of drug-likeness (QED) is 0.531. The summed E-state index contributed by atoms with van der Waals surface area (Å²) in [6, 6.07) is 0.0118. The molecule has 0 aromatic carbocycles. The molecule has 1 unspecified atom stereocenters. The minimum absolute atomic E-state index is 0.0118. The van der Waals surface area contributed by atoms with Crippen LogP contribution in [-0.2, 0) is 9.59 Å². The summed E-state index contributed by atoms with van der Waals surface area (Å²) in [6.07, 6.45) is 2.29. The smallest absolute Gasteiger partial charge is 0.256 e. The fourth-order valence-electron chi connectivity index (χ4n) is 1.55. The van der Waals surface area contributed by atoms with Crippen LogP contribution >= 0.6 is 11.8 Å². The van der Waals surface area contributed by atoms with E-state index in [1.807, 2.05) is 18.7 Å². The molecule has 1 aliphatic rings. The average molecular weight is 227 g/mol. The first-order valence-electron chi connectivity index (χ1n) is 5.21. The summed E-state index contributed by atoms with van der Waals surface area (Å²) >= 11 is 1.83. The highest BCUT2D eigenvalue weighted by molar-refractivity contribution is 7.99. The van der Waals surface area contributed by atoms with E-state index in [2.05, 4.69) is 6.92 Å². The van der Waals surface area contributed by atoms with Gasteiger partial charge in [-0.1, -0.05) is 6.92 Å². The summed E-state index contributed by atoms with van der Waals surface area (Å²) in [5.74, 6) is 1.78. The van der Waals surface area contributed by atoms with E-state index in [0.717, 1.165) is 17.9 Å². The van der Waals surface area contributed by atoms with Gasteiger partial charge in [0, 0.05) is 17.7 Å². The fraction of sp³-hybridized carbons (Fsp3) is 0.636. The van der Waals surface area contributed by atoms with Gasteiger partial charge in [0.25, 0.3) is 11.8 Å². The van der Waals surface area contributed by atoms with E-state index in [4.69, 9.17) is 0 Å². The van der Waals surface area contributed by atoms with E-state index in [0.29, 0.717) is 5.57 Å². The zero-order valence-electron chi connectivity index (χ0n) is 9.45. The van der Waals surface area contributed by atoms with Crippen LogP contribution in [0.15, 0.2) is 11.6 Å². The summed E-state index contributed by atoms with van der Waals surface area (Å²) in [5, 5.41) is 0. The predicted octanol–water partition coefficient (Wildman–Crippen LogP) is 1.83. The van der Waals surface area contributed by atoms with Crippen LogP contribution in [0.5, 0.6) is 0 Å². The highest BCUT2D eigenvalue weighted by atomic mass is 32.2. The largest absolute Gasteiger partial charge is 0.272 e. The Bertz CT molecular complexity index is 299. The molecule has 1 atom stereocenters. The van der Waals surface area contributed by atoms with Crippen LogP contribution in [-0.4, -0.2) is 34.3 Å². The van der Waals surface area contributed by atoms with Gasteiger partial charge in [-0.3, -0.25) is 14.5 Å². The van der Waals surface area contributed by atoms with Gasteiger partial charge < -0.3 is 0 Å². The number of amides is 2. The molecule has 1 heterocycles. The Morgan fingerprint density at radius 1 is 1.47 bits per heavy atom. The molecule has 0 fully saturated rings.